The van der Waals surface area contributed by atoms with Gasteiger partial charge in [-0.1, -0.05) is 6.07 Å². The maximum absolute atomic E-state index is 13.8. The average Bonchev–Trinajstić information content (AvgIpc) is 3.52. The largest absolute Gasteiger partial charge is 0.380 e. The van der Waals surface area contributed by atoms with E-state index in [0.29, 0.717) is 24.7 Å². The Morgan fingerprint density at radius 3 is 2.69 bits per heavy atom. The molecule has 0 aromatic heterocycles. The van der Waals surface area contributed by atoms with Crippen molar-refractivity contribution in [2.24, 2.45) is 4.99 Å². The van der Waals surface area contributed by atoms with Crippen molar-refractivity contribution in [1.29, 1.82) is 0 Å². The Bertz CT molecular complexity index is 715. The SMILES string of the molecule is CCNC(=NCc1ccc(F)c(COC)c1)N1CCN(CC(=O)NC2CC2)CC1. The van der Waals surface area contributed by atoms with Crippen LogP contribution in [-0.2, 0) is 22.7 Å². The van der Waals surface area contributed by atoms with Gasteiger partial charge in [-0.25, -0.2) is 9.38 Å². The average molecular weight is 406 g/mol. The van der Waals surface area contributed by atoms with Gasteiger partial charge in [0.05, 0.1) is 19.7 Å². The monoisotopic (exact) mass is 405 g/mol. The summed E-state index contributed by atoms with van der Waals surface area (Å²) in [4.78, 5) is 21.2. The lowest BCUT2D eigenvalue weighted by Crippen LogP contribution is -2.54. The number of hydrogen-bond acceptors (Lipinski definition) is 4. The van der Waals surface area contributed by atoms with Gasteiger partial charge in [0, 0.05) is 51.4 Å². The zero-order chi connectivity index (χ0) is 20.6. The molecule has 1 saturated heterocycles. The van der Waals surface area contributed by atoms with Gasteiger partial charge in [0.2, 0.25) is 5.91 Å². The first kappa shape index (κ1) is 21.5. The minimum absolute atomic E-state index is 0.129. The van der Waals surface area contributed by atoms with E-state index >= 15 is 0 Å². The highest BCUT2D eigenvalue weighted by Crippen LogP contribution is 2.18. The second-order valence-corrected chi connectivity index (χ2v) is 7.63. The number of benzene rings is 1. The maximum atomic E-state index is 13.8. The van der Waals surface area contributed by atoms with Gasteiger partial charge in [-0.15, -0.1) is 0 Å². The number of ether oxygens (including phenoxy) is 1. The standard InChI is InChI=1S/C21H32FN5O2/c1-3-23-21(24-13-16-4-7-19(22)17(12-16)15-29-2)27-10-8-26(9-11-27)14-20(28)25-18-5-6-18/h4,7,12,18H,3,5-6,8-11,13-15H2,1-2H3,(H,23,24)(H,25,28). The smallest absolute Gasteiger partial charge is 0.234 e. The van der Waals surface area contributed by atoms with Crippen molar-refractivity contribution in [2.75, 3.05) is 46.4 Å². The number of methoxy groups -OCH3 is 1. The summed E-state index contributed by atoms with van der Waals surface area (Å²) in [5, 5.41) is 6.39. The van der Waals surface area contributed by atoms with E-state index in [4.69, 9.17) is 9.73 Å². The van der Waals surface area contributed by atoms with E-state index in [-0.39, 0.29) is 18.3 Å². The van der Waals surface area contributed by atoms with Crippen LogP contribution in [0.2, 0.25) is 0 Å². The van der Waals surface area contributed by atoms with Gasteiger partial charge in [-0.2, -0.15) is 0 Å². The lowest BCUT2D eigenvalue weighted by Gasteiger charge is -2.36. The van der Waals surface area contributed by atoms with Gasteiger partial charge in [-0.05, 0) is 37.5 Å². The van der Waals surface area contributed by atoms with E-state index < -0.39 is 0 Å². The minimum atomic E-state index is -0.256. The highest BCUT2D eigenvalue weighted by molar-refractivity contribution is 5.80. The van der Waals surface area contributed by atoms with Crippen LogP contribution in [0.15, 0.2) is 23.2 Å². The number of carbonyl (C=O) groups excluding carboxylic acids is 1. The van der Waals surface area contributed by atoms with Crippen molar-refractivity contribution in [3.63, 3.8) is 0 Å². The van der Waals surface area contributed by atoms with Crippen LogP contribution in [-0.4, -0.2) is 74.1 Å². The third-order valence-corrected chi connectivity index (χ3v) is 5.14. The number of nitrogens with zero attached hydrogens (tertiary/aromatic N) is 3. The van der Waals surface area contributed by atoms with E-state index in [1.807, 2.05) is 13.0 Å². The number of carbonyl (C=O) groups is 1. The number of piperazine rings is 1. The Kier molecular flexibility index (Phi) is 7.83. The minimum Gasteiger partial charge on any atom is -0.380 e. The van der Waals surface area contributed by atoms with Crippen molar-refractivity contribution in [2.45, 2.75) is 39.0 Å². The van der Waals surface area contributed by atoms with Gasteiger partial charge >= 0.3 is 0 Å². The van der Waals surface area contributed by atoms with E-state index in [1.165, 1.54) is 6.07 Å². The Morgan fingerprint density at radius 1 is 1.28 bits per heavy atom. The summed E-state index contributed by atoms with van der Waals surface area (Å²) in [7, 11) is 1.56. The van der Waals surface area contributed by atoms with Crippen LogP contribution in [0.4, 0.5) is 4.39 Å². The fourth-order valence-corrected chi connectivity index (χ4v) is 3.41. The number of nitrogens with one attached hydrogen (secondary N) is 2. The normalized spacial score (nSPS) is 18.0. The molecule has 1 aromatic carbocycles. The topological polar surface area (TPSA) is 69.2 Å². The molecule has 2 N–H and O–H groups in total. The number of halogens is 1. The first-order chi connectivity index (χ1) is 14.1. The van der Waals surface area contributed by atoms with Crippen molar-refractivity contribution in [1.82, 2.24) is 20.4 Å². The van der Waals surface area contributed by atoms with Gasteiger partial charge in [0.15, 0.2) is 5.96 Å². The predicted octanol–water partition coefficient (Wildman–Crippen LogP) is 1.33. The molecule has 1 aliphatic carbocycles. The zero-order valence-corrected chi connectivity index (χ0v) is 17.4. The quantitative estimate of drug-likeness (QED) is 0.505. The number of rotatable bonds is 8. The second kappa shape index (κ2) is 10.5. The summed E-state index contributed by atoms with van der Waals surface area (Å²) < 4.78 is 18.9. The Hall–Kier alpha value is -2.19. The first-order valence-electron chi connectivity index (χ1n) is 10.4. The molecule has 1 amide bonds. The Labute approximate surface area is 172 Å². The molecule has 1 aromatic rings. The molecule has 0 unspecified atom stereocenters. The molecule has 0 bridgehead atoms. The van der Waals surface area contributed by atoms with E-state index in [9.17, 15) is 9.18 Å². The molecule has 7 nitrogen and oxygen atoms in total. The maximum Gasteiger partial charge on any atom is 0.234 e. The highest BCUT2D eigenvalue weighted by Gasteiger charge is 2.25. The molecular weight excluding hydrogens is 373 g/mol. The molecule has 3 rings (SSSR count). The van der Waals surface area contributed by atoms with Crippen molar-refractivity contribution >= 4 is 11.9 Å². The number of hydrogen-bond donors (Lipinski definition) is 2. The lowest BCUT2D eigenvalue weighted by atomic mass is 10.1. The van der Waals surface area contributed by atoms with Crippen LogP contribution < -0.4 is 10.6 Å². The first-order valence-corrected chi connectivity index (χ1v) is 10.4. The van der Waals surface area contributed by atoms with Gasteiger partial charge in [-0.3, -0.25) is 9.69 Å². The molecule has 0 spiro atoms. The number of guanidine groups is 1. The third-order valence-electron chi connectivity index (χ3n) is 5.14. The predicted molar refractivity (Wildman–Crippen MR) is 111 cm³/mol. The Morgan fingerprint density at radius 2 is 2.03 bits per heavy atom. The van der Waals surface area contributed by atoms with Crippen molar-refractivity contribution < 1.29 is 13.9 Å². The third kappa shape index (κ3) is 6.68. The van der Waals surface area contributed by atoms with E-state index in [2.05, 4.69) is 20.4 Å². The van der Waals surface area contributed by atoms with Crippen molar-refractivity contribution in [3.8, 4) is 0 Å². The van der Waals surface area contributed by atoms with Crippen LogP contribution in [0, 0.1) is 5.82 Å². The van der Waals surface area contributed by atoms with Crippen molar-refractivity contribution in [3.05, 3.63) is 35.1 Å². The van der Waals surface area contributed by atoms with E-state index in [0.717, 1.165) is 57.1 Å². The van der Waals surface area contributed by atoms with Gasteiger partial charge in [0.1, 0.15) is 5.82 Å². The molecule has 29 heavy (non-hydrogen) atoms. The molecule has 8 heteroatoms. The molecule has 1 heterocycles. The van der Waals surface area contributed by atoms with Crippen LogP contribution in [0.1, 0.15) is 30.9 Å². The fourth-order valence-electron chi connectivity index (χ4n) is 3.41. The van der Waals surface area contributed by atoms with Gasteiger partial charge in [0.25, 0.3) is 0 Å². The van der Waals surface area contributed by atoms with Crippen LogP contribution in [0.3, 0.4) is 0 Å². The summed E-state index contributed by atoms with van der Waals surface area (Å²) in [6.07, 6.45) is 2.23. The molecule has 160 valence electrons. The molecule has 1 saturated carbocycles. The molecule has 0 atom stereocenters. The number of amides is 1. The number of aliphatic imine (C=N–C) groups is 1. The fraction of sp³-hybridized carbons (Fsp3) is 0.619. The molecule has 2 aliphatic rings. The molecular formula is C21H32FN5O2. The summed E-state index contributed by atoms with van der Waals surface area (Å²) in [6.45, 7) is 7.32. The van der Waals surface area contributed by atoms with Crippen LogP contribution in [0.5, 0.6) is 0 Å². The zero-order valence-electron chi connectivity index (χ0n) is 17.4. The molecule has 2 fully saturated rings. The lowest BCUT2D eigenvalue weighted by molar-refractivity contribution is -0.122. The van der Waals surface area contributed by atoms with E-state index in [1.54, 1.807) is 13.2 Å². The molecule has 1 aliphatic heterocycles. The summed E-state index contributed by atoms with van der Waals surface area (Å²) in [6, 6.07) is 5.45. The molecule has 0 radical (unpaired) electrons. The summed E-state index contributed by atoms with van der Waals surface area (Å²) in [5.41, 5.74) is 1.49. The van der Waals surface area contributed by atoms with Crippen LogP contribution >= 0.6 is 0 Å². The van der Waals surface area contributed by atoms with Gasteiger partial charge < -0.3 is 20.3 Å². The summed E-state index contributed by atoms with van der Waals surface area (Å²) in [5.74, 6) is 0.727. The second-order valence-electron chi connectivity index (χ2n) is 7.63. The Balaban J connectivity index is 1.54. The highest BCUT2D eigenvalue weighted by atomic mass is 19.1. The van der Waals surface area contributed by atoms with Crippen LogP contribution in [0.25, 0.3) is 0 Å². The summed E-state index contributed by atoms with van der Waals surface area (Å²) >= 11 is 0.